The fraction of sp³-hybridized carbons (Fsp3) is 0.222. The Balaban J connectivity index is 1.37. The van der Waals surface area contributed by atoms with Gasteiger partial charge in [0.15, 0.2) is 0 Å². The van der Waals surface area contributed by atoms with E-state index >= 15 is 0 Å². The molecule has 1 saturated heterocycles. The highest BCUT2D eigenvalue weighted by Gasteiger charge is 2.52. The zero-order chi connectivity index (χ0) is 22.8. The van der Waals surface area contributed by atoms with Gasteiger partial charge in [-0.05, 0) is 41.7 Å². The molecule has 6 heteroatoms. The average molecular weight is 440 g/mol. The molecule has 1 aliphatic carbocycles. The third-order valence-corrected chi connectivity index (χ3v) is 6.52. The number of hydrogen-bond donors (Lipinski definition) is 1. The van der Waals surface area contributed by atoms with Gasteiger partial charge < -0.3 is 10.2 Å². The fourth-order valence-electron chi connectivity index (χ4n) is 4.76. The van der Waals surface area contributed by atoms with Crippen LogP contribution in [0.1, 0.15) is 23.1 Å². The summed E-state index contributed by atoms with van der Waals surface area (Å²) < 4.78 is 0. The summed E-state index contributed by atoms with van der Waals surface area (Å²) in [6, 6.07) is 26.5. The third-order valence-electron chi connectivity index (χ3n) is 6.52. The maximum absolute atomic E-state index is 13.4. The van der Waals surface area contributed by atoms with Crippen molar-refractivity contribution < 1.29 is 14.4 Å². The highest BCUT2D eigenvalue weighted by molar-refractivity contribution is 6.10. The summed E-state index contributed by atoms with van der Waals surface area (Å²) in [4.78, 5) is 42.4. The lowest BCUT2D eigenvalue weighted by Gasteiger charge is -2.32. The number of nitrogens with one attached hydrogen (secondary N) is 1. The smallest absolute Gasteiger partial charge is 0.323 e. The van der Waals surface area contributed by atoms with E-state index in [1.165, 1.54) is 5.56 Å². The van der Waals surface area contributed by atoms with Crippen LogP contribution in [0.25, 0.3) is 0 Å². The molecule has 1 aliphatic heterocycles. The molecule has 4 amide bonds. The van der Waals surface area contributed by atoms with E-state index in [9.17, 15) is 14.4 Å². The van der Waals surface area contributed by atoms with Crippen LogP contribution < -0.4 is 10.2 Å². The largest absolute Gasteiger partial charge is 0.325 e. The minimum absolute atomic E-state index is 0.296. The molecule has 3 aromatic rings. The molecule has 6 nitrogen and oxygen atoms in total. The van der Waals surface area contributed by atoms with E-state index in [2.05, 4.69) is 11.4 Å². The van der Waals surface area contributed by atoms with Crippen molar-refractivity contribution >= 4 is 23.5 Å². The molecule has 0 bridgehead atoms. The summed E-state index contributed by atoms with van der Waals surface area (Å²) in [6.07, 6.45) is 1.70. The molecule has 1 atom stereocenters. The molecule has 166 valence electrons. The molecule has 0 saturated carbocycles. The van der Waals surface area contributed by atoms with Crippen molar-refractivity contribution in [3.63, 3.8) is 0 Å². The number of rotatable bonds is 5. The van der Waals surface area contributed by atoms with E-state index in [-0.39, 0.29) is 18.4 Å². The lowest BCUT2D eigenvalue weighted by molar-refractivity contribution is -0.134. The van der Waals surface area contributed by atoms with Crippen LogP contribution in [0.15, 0.2) is 84.9 Å². The van der Waals surface area contributed by atoms with Crippen LogP contribution in [0.2, 0.25) is 0 Å². The van der Waals surface area contributed by atoms with Crippen molar-refractivity contribution in [1.82, 2.24) is 10.2 Å². The number of aryl methyl sites for hydroxylation is 1. The van der Waals surface area contributed by atoms with Crippen molar-refractivity contribution in [3.05, 3.63) is 102 Å². The number of imide groups is 1. The van der Waals surface area contributed by atoms with E-state index < -0.39 is 11.6 Å². The molecule has 2 aliphatic rings. The number of amides is 4. The second-order valence-corrected chi connectivity index (χ2v) is 8.65. The Morgan fingerprint density at radius 3 is 2.24 bits per heavy atom. The predicted molar refractivity (Wildman–Crippen MR) is 126 cm³/mol. The molecule has 1 fully saturated rings. The number of anilines is 1. The first-order valence-electron chi connectivity index (χ1n) is 11.2. The Kier molecular flexibility index (Phi) is 5.42. The Bertz CT molecular complexity index is 1200. The summed E-state index contributed by atoms with van der Waals surface area (Å²) in [5, 5.41) is 2.91. The van der Waals surface area contributed by atoms with E-state index in [1.807, 2.05) is 78.9 Å². The number of fused-ring (bicyclic) bond motifs is 1. The number of carbonyl (C=O) groups is 3. The first-order valence-corrected chi connectivity index (χ1v) is 11.2. The summed E-state index contributed by atoms with van der Waals surface area (Å²) in [5.41, 5.74) is 2.99. The molecule has 5 rings (SSSR count). The average Bonchev–Trinajstić information content (AvgIpc) is 3.07. The lowest BCUT2D eigenvalue weighted by Crippen LogP contribution is -2.51. The van der Waals surface area contributed by atoms with Crippen LogP contribution >= 0.6 is 0 Å². The van der Waals surface area contributed by atoms with Crippen molar-refractivity contribution in [2.75, 3.05) is 11.4 Å². The van der Waals surface area contributed by atoms with Gasteiger partial charge in [0, 0.05) is 12.1 Å². The molecule has 0 aromatic heterocycles. The summed E-state index contributed by atoms with van der Waals surface area (Å²) in [5.74, 6) is -0.620. The molecule has 1 spiro atoms. The molecule has 0 radical (unpaired) electrons. The van der Waals surface area contributed by atoms with Crippen LogP contribution in [0.4, 0.5) is 10.5 Å². The topological polar surface area (TPSA) is 69.7 Å². The predicted octanol–water partition coefficient (Wildman–Crippen LogP) is 3.70. The summed E-state index contributed by atoms with van der Waals surface area (Å²) in [6.45, 7) is 0.0572. The molecular formula is C27H25N3O3. The van der Waals surface area contributed by atoms with Crippen molar-refractivity contribution in [2.24, 2.45) is 0 Å². The van der Waals surface area contributed by atoms with E-state index in [0.29, 0.717) is 25.8 Å². The van der Waals surface area contributed by atoms with E-state index in [4.69, 9.17) is 0 Å². The second kappa shape index (κ2) is 8.54. The van der Waals surface area contributed by atoms with Crippen LogP contribution in [0, 0.1) is 0 Å². The zero-order valence-corrected chi connectivity index (χ0v) is 18.2. The van der Waals surface area contributed by atoms with Gasteiger partial charge in [-0.2, -0.15) is 0 Å². The molecule has 33 heavy (non-hydrogen) atoms. The van der Waals surface area contributed by atoms with Gasteiger partial charge >= 0.3 is 6.03 Å². The Labute approximate surface area is 192 Å². The van der Waals surface area contributed by atoms with Gasteiger partial charge in [0.2, 0.25) is 5.91 Å². The van der Waals surface area contributed by atoms with E-state index in [1.54, 1.807) is 4.90 Å². The number of para-hydroxylation sites is 1. The first kappa shape index (κ1) is 20.9. The number of nitrogens with zero attached hydrogens (tertiary/aromatic N) is 2. The van der Waals surface area contributed by atoms with Crippen LogP contribution in [0.5, 0.6) is 0 Å². The van der Waals surface area contributed by atoms with Crippen LogP contribution in [-0.2, 0) is 29.0 Å². The van der Waals surface area contributed by atoms with Gasteiger partial charge in [0.25, 0.3) is 5.91 Å². The van der Waals surface area contributed by atoms with Crippen LogP contribution in [-0.4, -0.2) is 34.8 Å². The van der Waals surface area contributed by atoms with Gasteiger partial charge in [-0.3, -0.25) is 14.5 Å². The standard InChI is InChI=1S/C27H25N3O3/c31-24(29(23-13-5-2-6-14-23)18-20-9-3-1-4-10-20)19-30-25(32)27(28-26(30)33)16-15-21-11-7-8-12-22(21)17-27/h1-14H,15-19H2,(H,28,33). The molecule has 1 heterocycles. The van der Waals surface area contributed by atoms with Crippen molar-refractivity contribution in [2.45, 2.75) is 31.3 Å². The highest BCUT2D eigenvalue weighted by atomic mass is 16.2. The molecule has 1 N–H and O–H groups in total. The summed E-state index contributed by atoms with van der Waals surface area (Å²) >= 11 is 0. The Morgan fingerprint density at radius 1 is 0.879 bits per heavy atom. The number of hydrogen-bond acceptors (Lipinski definition) is 3. The first-order chi connectivity index (χ1) is 16.1. The normalized spacial score (nSPS) is 19.3. The number of carbonyl (C=O) groups excluding carboxylic acids is 3. The highest BCUT2D eigenvalue weighted by Crippen LogP contribution is 2.33. The summed E-state index contributed by atoms with van der Waals surface area (Å²) in [7, 11) is 0. The SMILES string of the molecule is O=C1NC2(CCc3ccccc3C2)C(=O)N1CC(=O)N(Cc1ccccc1)c1ccccc1. The van der Waals surface area contributed by atoms with Crippen molar-refractivity contribution in [3.8, 4) is 0 Å². The van der Waals surface area contributed by atoms with Gasteiger partial charge in [0.05, 0.1) is 6.54 Å². The second-order valence-electron chi connectivity index (χ2n) is 8.65. The minimum Gasteiger partial charge on any atom is -0.323 e. The molecular weight excluding hydrogens is 414 g/mol. The maximum atomic E-state index is 13.4. The van der Waals surface area contributed by atoms with Gasteiger partial charge in [0.1, 0.15) is 12.1 Å². The quantitative estimate of drug-likeness (QED) is 0.617. The van der Waals surface area contributed by atoms with E-state index in [0.717, 1.165) is 21.7 Å². The third kappa shape index (κ3) is 4.00. The van der Waals surface area contributed by atoms with Gasteiger partial charge in [-0.1, -0.05) is 72.8 Å². The minimum atomic E-state index is -0.970. The molecule has 3 aromatic carbocycles. The number of urea groups is 1. The van der Waals surface area contributed by atoms with Crippen LogP contribution in [0.3, 0.4) is 0 Å². The fourth-order valence-corrected chi connectivity index (χ4v) is 4.76. The van der Waals surface area contributed by atoms with Gasteiger partial charge in [-0.25, -0.2) is 4.79 Å². The monoisotopic (exact) mass is 439 g/mol. The molecule has 1 unspecified atom stereocenters. The van der Waals surface area contributed by atoms with Gasteiger partial charge in [-0.15, -0.1) is 0 Å². The maximum Gasteiger partial charge on any atom is 0.325 e. The Morgan fingerprint density at radius 2 is 1.52 bits per heavy atom. The zero-order valence-electron chi connectivity index (χ0n) is 18.2. The number of benzene rings is 3. The van der Waals surface area contributed by atoms with Crippen molar-refractivity contribution in [1.29, 1.82) is 0 Å². The lowest BCUT2D eigenvalue weighted by atomic mass is 9.78. The Hall–Kier alpha value is -3.93.